The van der Waals surface area contributed by atoms with Crippen molar-refractivity contribution >= 4 is 18.0 Å². The van der Waals surface area contributed by atoms with E-state index in [-0.39, 0.29) is 19.4 Å². The summed E-state index contributed by atoms with van der Waals surface area (Å²) in [5, 5.41) is 2.61. The van der Waals surface area contributed by atoms with Gasteiger partial charge in [-0.1, -0.05) is 12.1 Å². The van der Waals surface area contributed by atoms with Gasteiger partial charge in [0.05, 0.1) is 18.2 Å². The average Bonchev–Trinajstić information content (AvgIpc) is 3.01. The van der Waals surface area contributed by atoms with E-state index in [2.05, 4.69) is 5.32 Å². The summed E-state index contributed by atoms with van der Waals surface area (Å²) in [6.07, 6.45) is -6.10. The maximum absolute atomic E-state index is 12.8. The molecule has 172 valence electrons. The number of ether oxygens (including phenoxy) is 3. The van der Waals surface area contributed by atoms with Gasteiger partial charge in [-0.3, -0.25) is 9.59 Å². The van der Waals surface area contributed by atoms with Gasteiger partial charge in [0.15, 0.2) is 5.92 Å². The van der Waals surface area contributed by atoms with Crippen molar-refractivity contribution in [3.05, 3.63) is 35.4 Å². The molecular weight excluding hydrogens is 419 g/mol. The third-order valence-corrected chi connectivity index (χ3v) is 4.48. The predicted molar refractivity (Wildman–Crippen MR) is 103 cm³/mol. The molecule has 1 heterocycles. The number of esters is 2. The van der Waals surface area contributed by atoms with Gasteiger partial charge in [0.25, 0.3) is 0 Å². The largest absolute Gasteiger partial charge is 0.465 e. The summed E-state index contributed by atoms with van der Waals surface area (Å²) in [7, 11) is 0. The Hall–Kier alpha value is -2.78. The smallest absolute Gasteiger partial charge is 0.416 e. The van der Waals surface area contributed by atoms with E-state index in [0.717, 1.165) is 12.1 Å². The molecule has 0 aromatic heterocycles. The molecule has 0 bridgehead atoms. The third kappa shape index (κ3) is 7.15. The van der Waals surface area contributed by atoms with Crippen LogP contribution < -0.4 is 5.32 Å². The van der Waals surface area contributed by atoms with E-state index in [1.54, 1.807) is 27.7 Å². The molecule has 1 amide bonds. The second kappa shape index (κ2) is 9.57. The minimum atomic E-state index is -4.47. The van der Waals surface area contributed by atoms with Crippen LogP contribution in [-0.2, 0) is 36.4 Å². The van der Waals surface area contributed by atoms with Gasteiger partial charge >= 0.3 is 24.2 Å². The van der Waals surface area contributed by atoms with Crippen molar-refractivity contribution in [3.63, 3.8) is 0 Å². The van der Waals surface area contributed by atoms with Crippen molar-refractivity contribution in [2.75, 3.05) is 6.61 Å². The molecule has 0 saturated carbocycles. The Kier molecular flexibility index (Phi) is 7.56. The number of alkyl halides is 3. The number of carbonyl (C=O) groups excluding carboxylic acids is 3. The Morgan fingerprint density at radius 3 is 2.32 bits per heavy atom. The summed E-state index contributed by atoms with van der Waals surface area (Å²) < 4.78 is 53.8. The molecule has 0 radical (unpaired) electrons. The van der Waals surface area contributed by atoms with Crippen molar-refractivity contribution < 1.29 is 41.8 Å². The number of rotatable bonds is 6. The van der Waals surface area contributed by atoms with Crippen molar-refractivity contribution in [3.8, 4) is 0 Å². The van der Waals surface area contributed by atoms with E-state index in [1.807, 2.05) is 0 Å². The van der Waals surface area contributed by atoms with Gasteiger partial charge in [-0.15, -0.1) is 0 Å². The monoisotopic (exact) mass is 445 g/mol. The number of nitrogens with one attached hydrogen (secondary N) is 1. The minimum absolute atomic E-state index is 0.0290. The second-order valence-corrected chi connectivity index (χ2v) is 8.17. The van der Waals surface area contributed by atoms with Crippen LogP contribution in [0.3, 0.4) is 0 Å². The Labute approximate surface area is 178 Å². The number of hydrogen-bond acceptors (Lipinski definition) is 6. The zero-order valence-electron chi connectivity index (χ0n) is 17.7. The standard InChI is InChI=1S/C21H26F3NO6/c1-5-29-17(26)14-11-16(30-18(14)27)15(25-19(28)31-20(2,3)4)10-12-6-8-13(9-7-12)21(22,23)24/h6-9,14-16H,5,10-11H2,1-4H3,(H,25,28)/t14-,15+,16+/m1/s1. The Morgan fingerprint density at radius 1 is 1.19 bits per heavy atom. The highest BCUT2D eigenvalue weighted by Crippen LogP contribution is 2.30. The number of halogens is 3. The van der Waals surface area contributed by atoms with Crippen LogP contribution in [0, 0.1) is 5.92 Å². The lowest BCUT2D eigenvalue weighted by Crippen LogP contribution is -2.46. The topological polar surface area (TPSA) is 90.9 Å². The lowest BCUT2D eigenvalue weighted by molar-refractivity contribution is -0.156. The van der Waals surface area contributed by atoms with E-state index in [4.69, 9.17) is 14.2 Å². The number of benzene rings is 1. The second-order valence-electron chi connectivity index (χ2n) is 8.17. The first kappa shape index (κ1) is 24.5. The molecule has 1 saturated heterocycles. The van der Waals surface area contributed by atoms with E-state index >= 15 is 0 Å². The molecule has 3 atom stereocenters. The van der Waals surface area contributed by atoms with Crippen LogP contribution in [0.2, 0.25) is 0 Å². The molecule has 1 aromatic carbocycles. The summed E-state index contributed by atoms with van der Waals surface area (Å²) in [6, 6.07) is 3.61. The number of amides is 1. The maximum atomic E-state index is 12.8. The fourth-order valence-corrected chi connectivity index (χ4v) is 3.11. The average molecular weight is 445 g/mol. The first-order chi connectivity index (χ1) is 14.3. The highest BCUT2D eigenvalue weighted by atomic mass is 19.4. The number of cyclic esters (lactones) is 1. The van der Waals surface area contributed by atoms with Crippen molar-refractivity contribution in [2.45, 2.75) is 64.5 Å². The zero-order chi connectivity index (χ0) is 23.4. The lowest BCUT2D eigenvalue weighted by Gasteiger charge is -2.26. The molecule has 1 N–H and O–H groups in total. The van der Waals surface area contributed by atoms with Gasteiger partial charge in [0.2, 0.25) is 0 Å². The molecule has 0 unspecified atom stereocenters. The first-order valence-corrected chi connectivity index (χ1v) is 9.83. The van der Waals surface area contributed by atoms with Crippen LogP contribution >= 0.6 is 0 Å². The van der Waals surface area contributed by atoms with Gasteiger partial charge in [0.1, 0.15) is 11.7 Å². The number of hydrogen-bond donors (Lipinski definition) is 1. The van der Waals surface area contributed by atoms with Crippen LogP contribution in [0.1, 0.15) is 45.2 Å². The Morgan fingerprint density at radius 2 is 1.81 bits per heavy atom. The zero-order valence-corrected chi connectivity index (χ0v) is 17.7. The fourth-order valence-electron chi connectivity index (χ4n) is 3.11. The van der Waals surface area contributed by atoms with Gasteiger partial charge in [0, 0.05) is 6.42 Å². The third-order valence-electron chi connectivity index (χ3n) is 4.48. The molecule has 2 rings (SSSR count). The molecule has 0 aliphatic carbocycles. The van der Waals surface area contributed by atoms with E-state index in [1.165, 1.54) is 12.1 Å². The molecule has 31 heavy (non-hydrogen) atoms. The van der Waals surface area contributed by atoms with Gasteiger partial charge in [-0.05, 0) is 51.8 Å². The van der Waals surface area contributed by atoms with Crippen LogP contribution in [-0.4, -0.2) is 42.4 Å². The lowest BCUT2D eigenvalue weighted by atomic mass is 9.95. The maximum Gasteiger partial charge on any atom is 0.416 e. The minimum Gasteiger partial charge on any atom is -0.465 e. The van der Waals surface area contributed by atoms with Crippen molar-refractivity contribution in [1.82, 2.24) is 5.32 Å². The Bertz CT molecular complexity index is 801. The van der Waals surface area contributed by atoms with E-state index in [9.17, 15) is 27.6 Å². The fraction of sp³-hybridized carbons (Fsp3) is 0.571. The highest BCUT2D eigenvalue weighted by Gasteiger charge is 2.44. The molecule has 1 aliphatic rings. The molecular formula is C21H26F3NO6. The molecule has 1 aromatic rings. The molecule has 7 nitrogen and oxygen atoms in total. The quantitative estimate of drug-likeness (QED) is 0.409. The summed E-state index contributed by atoms with van der Waals surface area (Å²) in [6.45, 7) is 6.71. The van der Waals surface area contributed by atoms with Gasteiger partial charge in [-0.25, -0.2) is 4.79 Å². The summed E-state index contributed by atoms with van der Waals surface area (Å²) in [5.41, 5.74) is -1.12. The SMILES string of the molecule is CCOC(=O)[C@H]1C[C@@H]([C@H](Cc2ccc(C(F)(F)F)cc2)NC(=O)OC(C)(C)C)OC1=O. The summed E-state index contributed by atoms with van der Waals surface area (Å²) >= 11 is 0. The molecule has 1 aliphatic heterocycles. The van der Waals surface area contributed by atoms with Crippen LogP contribution in [0.15, 0.2) is 24.3 Å². The summed E-state index contributed by atoms with van der Waals surface area (Å²) in [4.78, 5) is 36.4. The highest BCUT2D eigenvalue weighted by molar-refractivity contribution is 5.96. The van der Waals surface area contributed by atoms with Crippen LogP contribution in [0.25, 0.3) is 0 Å². The van der Waals surface area contributed by atoms with Gasteiger partial charge in [-0.2, -0.15) is 13.2 Å². The number of carbonyl (C=O) groups is 3. The first-order valence-electron chi connectivity index (χ1n) is 9.83. The summed E-state index contributed by atoms with van der Waals surface area (Å²) in [5.74, 6) is -2.62. The normalized spacial score (nSPS) is 20.0. The molecule has 0 spiro atoms. The van der Waals surface area contributed by atoms with Crippen molar-refractivity contribution in [2.24, 2.45) is 5.92 Å². The van der Waals surface area contributed by atoms with Crippen LogP contribution in [0.5, 0.6) is 0 Å². The van der Waals surface area contributed by atoms with E-state index < -0.39 is 53.4 Å². The van der Waals surface area contributed by atoms with Gasteiger partial charge < -0.3 is 19.5 Å². The van der Waals surface area contributed by atoms with Crippen molar-refractivity contribution in [1.29, 1.82) is 0 Å². The Balaban J connectivity index is 2.20. The molecule has 1 fully saturated rings. The van der Waals surface area contributed by atoms with Crippen LogP contribution in [0.4, 0.5) is 18.0 Å². The van der Waals surface area contributed by atoms with E-state index in [0.29, 0.717) is 5.56 Å². The molecule has 10 heteroatoms. The number of alkyl carbamates (subject to hydrolysis) is 1. The predicted octanol–water partition coefficient (Wildman–Crippen LogP) is 3.64.